The van der Waals surface area contributed by atoms with Gasteiger partial charge in [-0.15, -0.1) is 0 Å². The number of halogens is 1. The summed E-state index contributed by atoms with van der Waals surface area (Å²) >= 11 is 6.28. The van der Waals surface area contributed by atoms with E-state index >= 15 is 0 Å². The van der Waals surface area contributed by atoms with Gasteiger partial charge in [-0.2, -0.15) is 0 Å². The second-order valence-electron chi connectivity index (χ2n) is 5.54. The maximum Gasteiger partial charge on any atom is 0.142 e. The lowest BCUT2D eigenvalue weighted by molar-refractivity contribution is 0.302. The summed E-state index contributed by atoms with van der Waals surface area (Å²) in [5.41, 5.74) is 3.48. The van der Waals surface area contributed by atoms with Crippen molar-refractivity contribution in [1.29, 1.82) is 0 Å². The lowest BCUT2D eigenvalue weighted by Crippen LogP contribution is -2.22. The summed E-state index contributed by atoms with van der Waals surface area (Å²) in [6.07, 6.45) is 0. The predicted molar refractivity (Wildman–Crippen MR) is 88.9 cm³/mol. The molecule has 0 bridgehead atoms. The third kappa shape index (κ3) is 4.76. The minimum Gasteiger partial charge on any atom is -0.487 e. The Morgan fingerprint density at radius 2 is 1.81 bits per heavy atom. The van der Waals surface area contributed by atoms with Crippen LogP contribution in [0.1, 0.15) is 30.5 Å². The summed E-state index contributed by atoms with van der Waals surface area (Å²) in [7, 11) is 0. The van der Waals surface area contributed by atoms with Crippen LogP contribution in [0.5, 0.6) is 5.75 Å². The van der Waals surface area contributed by atoms with Gasteiger partial charge in [0.05, 0.1) is 5.02 Å². The summed E-state index contributed by atoms with van der Waals surface area (Å²) in [5.74, 6) is 0.771. The van der Waals surface area contributed by atoms with Crippen LogP contribution < -0.4 is 10.1 Å². The van der Waals surface area contributed by atoms with Gasteiger partial charge in [0.15, 0.2) is 0 Å². The molecular weight excluding hydrogens is 282 g/mol. The molecule has 1 N–H and O–H groups in total. The van der Waals surface area contributed by atoms with Crippen LogP contribution in [0.3, 0.4) is 0 Å². The molecule has 2 aromatic carbocycles. The van der Waals surface area contributed by atoms with Crippen LogP contribution in [0.4, 0.5) is 0 Å². The number of benzene rings is 2. The highest BCUT2D eigenvalue weighted by Gasteiger charge is 2.09. The van der Waals surface area contributed by atoms with Crippen LogP contribution in [0.2, 0.25) is 5.02 Å². The predicted octanol–water partition coefficient (Wildman–Crippen LogP) is 4.73. The van der Waals surface area contributed by atoms with E-state index < -0.39 is 0 Å². The molecule has 0 spiro atoms. The molecule has 0 aliphatic rings. The quantitative estimate of drug-likeness (QED) is 0.833. The first-order valence-electron chi connectivity index (χ1n) is 7.25. The second-order valence-corrected chi connectivity index (χ2v) is 5.95. The smallest absolute Gasteiger partial charge is 0.142 e. The van der Waals surface area contributed by atoms with E-state index in [-0.39, 0.29) is 0 Å². The van der Waals surface area contributed by atoms with Gasteiger partial charge in [-0.3, -0.25) is 0 Å². The Kier molecular flexibility index (Phi) is 5.66. The van der Waals surface area contributed by atoms with Gasteiger partial charge in [0, 0.05) is 18.2 Å². The minimum absolute atomic E-state index is 0.425. The van der Waals surface area contributed by atoms with Gasteiger partial charge in [-0.1, -0.05) is 67.4 Å². The van der Waals surface area contributed by atoms with E-state index in [2.05, 4.69) is 50.4 Å². The van der Waals surface area contributed by atoms with Crippen LogP contribution in [0.15, 0.2) is 42.5 Å². The van der Waals surface area contributed by atoms with E-state index in [1.54, 1.807) is 0 Å². The zero-order chi connectivity index (χ0) is 15.2. The van der Waals surface area contributed by atoms with Gasteiger partial charge >= 0.3 is 0 Å². The zero-order valence-electron chi connectivity index (χ0n) is 12.8. The van der Waals surface area contributed by atoms with Crippen molar-refractivity contribution < 1.29 is 4.74 Å². The van der Waals surface area contributed by atoms with Gasteiger partial charge in [0.1, 0.15) is 12.4 Å². The Balaban J connectivity index is 2.09. The minimum atomic E-state index is 0.425. The lowest BCUT2D eigenvalue weighted by atomic mass is 10.1. The van der Waals surface area contributed by atoms with Crippen molar-refractivity contribution in [3.63, 3.8) is 0 Å². The number of aryl methyl sites for hydroxylation is 1. The fourth-order valence-corrected chi connectivity index (χ4v) is 2.26. The highest BCUT2D eigenvalue weighted by Crippen LogP contribution is 2.29. The number of hydrogen-bond acceptors (Lipinski definition) is 2. The van der Waals surface area contributed by atoms with Gasteiger partial charge in [-0.05, 0) is 18.6 Å². The Labute approximate surface area is 132 Å². The maximum atomic E-state index is 6.28. The zero-order valence-corrected chi connectivity index (χ0v) is 13.6. The van der Waals surface area contributed by atoms with Crippen LogP contribution in [-0.4, -0.2) is 6.04 Å². The topological polar surface area (TPSA) is 21.3 Å². The van der Waals surface area contributed by atoms with Crippen LogP contribution >= 0.6 is 11.6 Å². The van der Waals surface area contributed by atoms with Gasteiger partial charge in [0.25, 0.3) is 0 Å². The third-order valence-electron chi connectivity index (χ3n) is 3.25. The normalized spacial score (nSPS) is 10.9. The van der Waals surface area contributed by atoms with Crippen molar-refractivity contribution in [1.82, 2.24) is 5.32 Å². The van der Waals surface area contributed by atoms with Crippen molar-refractivity contribution in [2.24, 2.45) is 0 Å². The number of rotatable bonds is 6. The molecule has 2 nitrogen and oxygen atoms in total. The summed E-state index contributed by atoms with van der Waals surface area (Å²) in [4.78, 5) is 0. The van der Waals surface area contributed by atoms with Gasteiger partial charge in [0.2, 0.25) is 0 Å². The molecule has 0 heterocycles. The summed E-state index contributed by atoms with van der Waals surface area (Å²) in [6, 6.07) is 14.6. The monoisotopic (exact) mass is 303 g/mol. The first kappa shape index (κ1) is 15.9. The molecule has 0 amide bonds. The Hall–Kier alpha value is -1.51. The molecule has 0 aliphatic carbocycles. The molecule has 3 heteroatoms. The molecule has 0 radical (unpaired) electrons. The van der Waals surface area contributed by atoms with E-state index in [0.717, 1.165) is 23.4 Å². The van der Waals surface area contributed by atoms with E-state index in [4.69, 9.17) is 16.3 Å². The van der Waals surface area contributed by atoms with E-state index in [9.17, 15) is 0 Å². The van der Waals surface area contributed by atoms with Crippen molar-refractivity contribution >= 4 is 11.6 Å². The van der Waals surface area contributed by atoms with E-state index in [1.807, 2.05) is 18.2 Å². The fourth-order valence-electron chi connectivity index (χ4n) is 2.01. The molecule has 2 aromatic rings. The number of ether oxygens (including phenoxy) is 1. The molecule has 0 saturated carbocycles. The number of hydrogen-bond donors (Lipinski definition) is 1. The molecular formula is C18H22ClNO. The average Bonchev–Trinajstić information content (AvgIpc) is 2.46. The highest BCUT2D eigenvalue weighted by molar-refractivity contribution is 6.32. The SMILES string of the molecule is Cc1ccc(COc2c(Cl)cccc2CNC(C)C)cc1. The third-order valence-corrected chi connectivity index (χ3v) is 3.55. The molecule has 2 rings (SSSR count). The molecule has 0 unspecified atom stereocenters. The van der Waals surface area contributed by atoms with Gasteiger partial charge < -0.3 is 10.1 Å². The Morgan fingerprint density at radius 3 is 2.48 bits per heavy atom. The first-order chi connectivity index (χ1) is 10.1. The summed E-state index contributed by atoms with van der Waals surface area (Å²) in [5, 5.41) is 4.05. The van der Waals surface area contributed by atoms with E-state index in [0.29, 0.717) is 17.7 Å². The van der Waals surface area contributed by atoms with Crippen molar-refractivity contribution in [2.45, 2.75) is 40.0 Å². The molecule has 0 atom stereocenters. The first-order valence-corrected chi connectivity index (χ1v) is 7.63. The summed E-state index contributed by atoms with van der Waals surface area (Å²) < 4.78 is 5.95. The molecule has 112 valence electrons. The Morgan fingerprint density at radius 1 is 1.10 bits per heavy atom. The molecule has 21 heavy (non-hydrogen) atoms. The standard InChI is InChI=1S/C18H22ClNO/c1-13(2)20-11-16-5-4-6-17(19)18(16)21-12-15-9-7-14(3)8-10-15/h4-10,13,20H,11-12H2,1-3H3. The van der Waals surface area contributed by atoms with Crippen molar-refractivity contribution in [2.75, 3.05) is 0 Å². The second kappa shape index (κ2) is 7.48. The average molecular weight is 304 g/mol. The van der Waals surface area contributed by atoms with Crippen LogP contribution in [-0.2, 0) is 13.2 Å². The molecule has 0 aromatic heterocycles. The van der Waals surface area contributed by atoms with Crippen molar-refractivity contribution in [3.05, 3.63) is 64.2 Å². The largest absolute Gasteiger partial charge is 0.487 e. The lowest BCUT2D eigenvalue weighted by Gasteiger charge is -2.15. The highest BCUT2D eigenvalue weighted by atomic mass is 35.5. The Bertz CT molecular complexity index is 578. The molecule has 0 aliphatic heterocycles. The molecule has 0 saturated heterocycles. The number of nitrogens with one attached hydrogen (secondary N) is 1. The summed E-state index contributed by atoms with van der Waals surface area (Å²) in [6.45, 7) is 7.60. The number of para-hydroxylation sites is 1. The molecule has 0 fully saturated rings. The van der Waals surface area contributed by atoms with Gasteiger partial charge in [-0.25, -0.2) is 0 Å². The maximum absolute atomic E-state index is 6.28. The fraction of sp³-hybridized carbons (Fsp3) is 0.333. The van der Waals surface area contributed by atoms with Crippen molar-refractivity contribution in [3.8, 4) is 5.75 Å². The van der Waals surface area contributed by atoms with Crippen LogP contribution in [0.25, 0.3) is 0 Å². The van der Waals surface area contributed by atoms with Crippen LogP contribution in [0, 0.1) is 6.92 Å². The van der Waals surface area contributed by atoms with E-state index in [1.165, 1.54) is 5.56 Å².